The number of aromatic nitrogens is 2. The van der Waals surface area contributed by atoms with E-state index in [-0.39, 0.29) is 5.69 Å². The number of halogens is 5. The molecule has 0 aliphatic heterocycles. The zero-order valence-corrected chi connectivity index (χ0v) is 16.3. The summed E-state index contributed by atoms with van der Waals surface area (Å²) >= 11 is 0. The maximum atomic E-state index is 15.5. The first-order chi connectivity index (χ1) is 15.1. The minimum absolute atomic E-state index is 0.150. The van der Waals surface area contributed by atoms with Crippen molar-refractivity contribution in [1.82, 2.24) is 15.0 Å². The zero-order valence-electron chi connectivity index (χ0n) is 16.3. The van der Waals surface area contributed by atoms with Crippen LogP contribution in [0.4, 0.5) is 22.0 Å². The van der Waals surface area contributed by atoms with Crippen LogP contribution in [0.3, 0.4) is 0 Å². The Balaban J connectivity index is 2.07. The molecule has 0 saturated carbocycles. The summed E-state index contributed by atoms with van der Waals surface area (Å²) in [6.07, 6.45) is 2.40. The molecule has 3 aromatic rings. The summed E-state index contributed by atoms with van der Waals surface area (Å²) in [4.78, 5) is 7.54. The average Bonchev–Trinajstić information content (AvgIpc) is 2.74. The molecule has 0 saturated heterocycles. The Labute approximate surface area is 178 Å². The Hall–Kier alpha value is -3.64. The molecule has 0 spiro atoms. The van der Waals surface area contributed by atoms with Crippen LogP contribution in [0.15, 0.2) is 60.0 Å². The number of nitrogens with zero attached hydrogens (tertiary/aromatic N) is 4. The van der Waals surface area contributed by atoms with Gasteiger partial charge >= 0.3 is 5.92 Å². The van der Waals surface area contributed by atoms with E-state index in [1.54, 1.807) is 0 Å². The normalized spacial score (nSPS) is 13.8. The molecule has 2 aromatic carbocycles. The lowest BCUT2D eigenvalue weighted by Crippen LogP contribution is -2.54. The van der Waals surface area contributed by atoms with Crippen molar-refractivity contribution in [2.75, 3.05) is 6.54 Å². The number of alkyl halides is 2. The van der Waals surface area contributed by atoms with Crippen LogP contribution in [0.1, 0.15) is 11.3 Å². The maximum Gasteiger partial charge on any atom is 0.325 e. The standard InChI is InChI=1S/C20H17F5N6O/c21-13-3-1-12(2-4-13)17-8-29-18(9-28-17)20(24,25)19(32,10-31(27)11-30-26)15-6-5-14(22)7-16(15)23/h1-9,11,32H,10,26-27H2/b30-11-. The third-order valence-electron chi connectivity index (χ3n) is 4.64. The number of nitrogens with two attached hydrogens (primary N) is 2. The highest BCUT2D eigenvalue weighted by molar-refractivity contribution is 5.57. The summed E-state index contributed by atoms with van der Waals surface area (Å²) < 4.78 is 71.9. The van der Waals surface area contributed by atoms with Crippen molar-refractivity contribution in [2.45, 2.75) is 11.5 Å². The molecule has 32 heavy (non-hydrogen) atoms. The smallest absolute Gasteiger partial charge is 0.325 e. The maximum absolute atomic E-state index is 15.5. The van der Waals surface area contributed by atoms with Gasteiger partial charge in [0.05, 0.1) is 24.6 Å². The molecule has 1 aromatic heterocycles. The molecule has 0 fully saturated rings. The van der Waals surface area contributed by atoms with E-state index in [4.69, 9.17) is 11.7 Å². The minimum atomic E-state index is -4.26. The first-order valence-corrected chi connectivity index (χ1v) is 8.97. The Bertz CT molecular complexity index is 1110. The summed E-state index contributed by atoms with van der Waals surface area (Å²) in [5.74, 6) is 3.25. The van der Waals surface area contributed by atoms with Gasteiger partial charge in [-0.15, -0.1) is 0 Å². The predicted octanol–water partition coefficient (Wildman–Crippen LogP) is 2.62. The number of hydrogen-bond acceptors (Lipinski definition) is 6. The van der Waals surface area contributed by atoms with Crippen LogP contribution in [0.25, 0.3) is 11.3 Å². The number of hydrazine groups is 1. The Morgan fingerprint density at radius 3 is 2.22 bits per heavy atom. The molecule has 0 aliphatic carbocycles. The van der Waals surface area contributed by atoms with Crippen molar-refractivity contribution < 1.29 is 27.1 Å². The van der Waals surface area contributed by atoms with E-state index in [2.05, 4.69) is 15.1 Å². The molecule has 0 radical (unpaired) electrons. The number of rotatable bonds is 7. The van der Waals surface area contributed by atoms with Crippen LogP contribution in [-0.2, 0) is 11.5 Å². The second-order valence-corrected chi connectivity index (χ2v) is 6.79. The molecular weight excluding hydrogens is 435 g/mol. The van der Waals surface area contributed by atoms with Gasteiger partial charge in [-0.3, -0.25) is 15.0 Å². The molecule has 168 valence electrons. The van der Waals surface area contributed by atoms with Crippen LogP contribution in [0.5, 0.6) is 0 Å². The highest BCUT2D eigenvalue weighted by Gasteiger charge is 2.58. The quantitative estimate of drug-likeness (QED) is 0.167. The van der Waals surface area contributed by atoms with Gasteiger partial charge in [-0.2, -0.15) is 13.9 Å². The van der Waals surface area contributed by atoms with Gasteiger partial charge in [0.2, 0.25) is 0 Å². The van der Waals surface area contributed by atoms with Gasteiger partial charge in [0, 0.05) is 17.2 Å². The van der Waals surface area contributed by atoms with E-state index in [0.717, 1.165) is 24.7 Å². The first kappa shape index (κ1) is 23.0. The van der Waals surface area contributed by atoms with Crippen molar-refractivity contribution in [3.63, 3.8) is 0 Å². The number of benzene rings is 2. The van der Waals surface area contributed by atoms with Crippen molar-refractivity contribution >= 4 is 6.34 Å². The van der Waals surface area contributed by atoms with Crippen LogP contribution >= 0.6 is 0 Å². The zero-order chi connectivity index (χ0) is 23.5. The van der Waals surface area contributed by atoms with Gasteiger partial charge in [-0.25, -0.2) is 19.0 Å². The minimum Gasteiger partial charge on any atom is -0.377 e. The van der Waals surface area contributed by atoms with Crippen LogP contribution in [0.2, 0.25) is 0 Å². The molecule has 0 bridgehead atoms. The van der Waals surface area contributed by atoms with Gasteiger partial charge in [-0.1, -0.05) is 0 Å². The average molecular weight is 452 g/mol. The fraction of sp³-hybridized carbons (Fsp3) is 0.150. The summed E-state index contributed by atoms with van der Waals surface area (Å²) in [7, 11) is 0. The van der Waals surface area contributed by atoms with E-state index < -0.39 is 46.8 Å². The molecule has 1 unspecified atom stereocenters. The molecule has 12 heteroatoms. The Morgan fingerprint density at radius 2 is 1.66 bits per heavy atom. The SMILES string of the molecule is N/N=C\N(N)CC(O)(c1ccc(F)cc1F)C(F)(F)c1cnc(-c2ccc(F)cc2)cn1. The van der Waals surface area contributed by atoms with E-state index in [0.29, 0.717) is 35.0 Å². The number of hydrogen-bond donors (Lipinski definition) is 3. The molecule has 5 N–H and O–H groups in total. The lowest BCUT2D eigenvalue weighted by molar-refractivity contribution is -0.204. The van der Waals surface area contributed by atoms with E-state index in [1.165, 1.54) is 12.1 Å². The summed E-state index contributed by atoms with van der Waals surface area (Å²) in [6.45, 7) is -1.09. The lowest BCUT2D eigenvalue weighted by Gasteiger charge is -2.37. The number of hydrazone groups is 1. The first-order valence-electron chi connectivity index (χ1n) is 8.97. The monoisotopic (exact) mass is 452 g/mol. The fourth-order valence-corrected chi connectivity index (χ4v) is 3.04. The molecule has 3 rings (SSSR count). The molecular formula is C20H17F5N6O. The van der Waals surface area contributed by atoms with Crippen molar-refractivity contribution in [1.29, 1.82) is 0 Å². The second kappa shape index (κ2) is 8.85. The number of aliphatic hydroxyl groups is 1. The molecule has 7 nitrogen and oxygen atoms in total. The summed E-state index contributed by atoms with van der Waals surface area (Å²) in [6, 6.07) is 6.79. The largest absolute Gasteiger partial charge is 0.377 e. The van der Waals surface area contributed by atoms with Crippen molar-refractivity contribution in [2.24, 2.45) is 16.8 Å². The van der Waals surface area contributed by atoms with Gasteiger partial charge in [0.25, 0.3) is 0 Å². The second-order valence-electron chi connectivity index (χ2n) is 6.79. The van der Waals surface area contributed by atoms with Crippen LogP contribution in [0, 0.1) is 17.5 Å². The van der Waals surface area contributed by atoms with Crippen molar-refractivity contribution in [3.8, 4) is 11.3 Å². The summed E-state index contributed by atoms with van der Waals surface area (Å²) in [5.41, 5.74) is -4.73. The van der Waals surface area contributed by atoms with Gasteiger partial charge < -0.3 is 10.9 Å². The fourth-order valence-electron chi connectivity index (χ4n) is 3.04. The van der Waals surface area contributed by atoms with Crippen molar-refractivity contribution in [3.05, 3.63) is 83.6 Å². The summed E-state index contributed by atoms with van der Waals surface area (Å²) in [5, 5.41) is 14.6. The molecule has 0 aliphatic rings. The lowest BCUT2D eigenvalue weighted by atomic mass is 9.84. The van der Waals surface area contributed by atoms with Gasteiger partial charge in [0.1, 0.15) is 29.5 Å². The van der Waals surface area contributed by atoms with Crippen LogP contribution in [-0.4, -0.2) is 33.0 Å². The van der Waals surface area contributed by atoms with Gasteiger partial charge in [-0.05, 0) is 36.4 Å². The van der Waals surface area contributed by atoms with Crippen LogP contribution < -0.4 is 11.7 Å². The third kappa shape index (κ3) is 4.36. The van der Waals surface area contributed by atoms with Gasteiger partial charge in [0.15, 0.2) is 5.60 Å². The molecule has 1 heterocycles. The Kier molecular flexibility index (Phi) is 6.37. The Morgan fingerprint density at radius 1 is 1.00 bits per heavy atom. The predicted molar refractivity (Wildman–Crippen MR) is 105 cm³/mol. The third-order valence-corrected chi connectivity index (χ3v) is 4.64. The topological polar surface area (TPSA) is 114 Å². The molecule has 1 atom stereocenters. The van der Waals surface area contributed by atoms with E-state index >= 15 is 8.78 Å². The van der Waals surface area contributed by atoms with E-state index in [1.807, 2.05) is 0 Å². The van der Waals surface area contributed by atoms with E-state index in [9.17, 15) is 18.3 Å². The molecule has 0 amide bonds. The highest BCUT2D eigenvalue weighted by atomic mass is 19.3. The highest BCUT2D eigenvalue weighted by Crippen LogP contribution is 2.45.